The number of ether oxygens (including phenoxy) is 2. The molecule has 2 fully saturated rings. The fraction of sp³-hybridized carbons (Fsp3) is 0.458. The van der Waals surface area contributed by atoms with Crippen molar-refractivity contribution in [2.75, 3.05) is 57.5 Å². The van der Waals surface area contributed by atoms with Crippen LogP contribution in [-0.2, 0) is 24.1 Å². The molecular formula is C24H30N6O5S. The molecule has 11 nitrogen and oxygen atoms in total. The molecule has 0 saturated carbocycles. The number of imidazole rings is 1. The summed E-state index contributed by atoms with van der Waals surface area (Å²) in [5.41, 5.74) is 1.97. The normalized spacial score (nSPS) is 18.6. The van der Waals surface area contributed by atoms with Crippen LogP contribution < -0.4 is 5.32 Å². The van der Waals surface area contributed by atoms with Gasteiger partial charge in [0.25, 0.3) is 0 Å². The van der Waals surface area contributed by atoms with E-state index >= 15 is 0 Å². The summed E-state index contributed by atoms with van der Waals surface area (Å²) < 4.78 is 36.7. The highest BCUT2D eigenvalue weighted by atomic mass is 32.2. The van der Waals surface area contributed by atoms with Crippen LogP contribution in [0.4, 0.5) is 5.82 Å². The van der Waals surface area contributed by atoms with Crippen LogP contribution in [0.25, 0.3) is 16.9 Å². The Hall–Kier alpha value is -3.06. The van der Waals surface area contributed by atoms with E-state index in [2.05, 4.69) is 15.2 Å². The standard InChI is InChI=1S/C24H30N6O5S/c1-17(24(31)29-11-9-28(10-12-29)16-21-34-13-14-35-21)26-23-22(27-20-15-25-7-8-30(20)23)18-3-5-19(6-4-18)36(2,32)33/h3-8,15,17,21,26H,9-14,16H2,1-2H3. The summed E-state index contributed by atoms with van der Waals surface area (Å²) in [6.07, 6.45) is 6.07. The Morgan fingerprint density at radius 3 is 2.50 bits per heavy atom. The summed E-state index contributed by atoms with van der Waals surface area (Å²) >= 11 is 0. The van der Waals surface area contributed by atoms with E-state index in [0.717, 1.165) is 18.7 Å². The summed E-state index contributed by atoms with van der Waals surface area (Å²) in [5, 5.41) is 3.35. The van der Waals surface area contributed by atoms with Gasteiger partial charge in [-0.1, -0.05) is 12.1 Å². The highest BCUT2D eigenvalue weighted by Crippen LogP contribution is 2.30. The number of nitrogens with zero attached hydrogens (tertiary/aromatic N) is 5. The molecule has 1 aromatic carbocycles. The van der Waals surface area contributed by atoms with Crippen molar-refractivity contribution in [3.8, 4) is 11.3 Å². The van der Waals surface area contributed by atoms with E-state index in [1.165, 1.54) is 6.26 Å². The molecular weight excluding hydrogens is 484 g/mol. The van der Waals surface area contributed by atoms with Crippen LogP contribution in [0, 0.1) is 0 Å². The molecule has 3 aromatic rings. The molecule has 12 heteroatoms. The zero-order valence-corrected chi connectivity index (χ0v) is 21.1. The van der Waals surface area contributed by atoms with Gasteiger partial charge in [-0.25, -0.2) is 13.4 Å². The van der Waals surface area contributed by atoms with Crippen molar-refractivity contribution in [1.29, 1.82) is 0 Å². The maximum absolute atomic E-state index is 13.3. The molecule has 0 spiro atoms. The van der Waals surface area contributed by atoms with Crippen LogP contribution in [-0.4, -0.2) is 103 Å². The maximum Gasteiger partial charge on any atom is 0.244 e. The monoisotopic (exact) mass is 514 g/mol. The lowest BCUT2D eigenvalue weighted by Gasteiger charge is -2.36. The number of anilines is 1. The number of piperazine rings is 1. The highest BCUT2D eigenvalue weighted by molar-refractivity contribution is 7.90. The zero-order chi connectivity index (χ0) is 25.3. The number of aromatic nitrogens is 3. The Morgan fingerprint density at radius 1 is 1.14 bits per heavy atom. The first kappa shape index (κ1) is 24.6. The van der Waals surface area contributed by atoms with E-state index in [1.54, 1.807) is 42.9 Å². The summed E-state index contributed by atoms with van der Waals surface area (Å²) in [6, 6.07) is 6.07. The number of carbonyl (C=O) groups excluding carboxylic acids is 1. The number of nitrogens with one attached hydrogen (secondary N) is 1. The largest absolute Gasteiger partial charge is 0.358 e. The number of hydrogen-bond acceptors (Lipinski definition) is 9. The molecule has 0 bridgehead atoms. The summed E-state index contributed by atoms with van der Waals surface area (Å²) in [5.74, 6) is 0.653. The molecule has 2 aliphatic heterocycles. The second-order valence-corrected chi connectivity index (χ2v) is 11.1. The van der Waals surface area contributed by atoms with E-state index in [1.807, 2.05) is 16.2 Å². The zero-order valence-electron chi connectivity index (χ0n) is 20.3. The van der Waals surface area contributed by atoms with Crippen molar-refractivity contribution in [2.45, 2.75) is 24.2 Å². The van der Waals surface area contributed by atoms with E-state index in [4.69, 9.17) is 14.5 Å². The average molecular weight is 515 g/mol. The van der Waals surface area contributed by atoms with E-state index in [9.17, 15) is 13.2 Å². The predicted molar refractivity (Wildman–Crippen MR) is 133 cm³/mol. The molecule has 2 aromatic heterocycles. The number of rotatable bonds is 7. The Morgan fingerprint density at radius 2 is 1.83 bits per heavy atom. The molecule has 0 radical (unpaired) electrons. The Balaban J connectivity index is 1.31. The molecule has 192 valence electrons. The minimum atomic E-state index is -3.31. The second-order valence-electron chi connectivity index (χ2n) is 9.07. The smallest absolute Gasteiger partial charge is 0.244 e. The molecule has 1 amide bonds. The molecule has 4 heterocycles. The molecule has 1 N–H and O–H groups in total. The van der Waals surface area contributed by atoms with Crippen LogP contribution in [0.5, 0.6) is 0 Å². The average Bonchev–Trinajstić information content (AvgIpc) is 3.52. The van der Waals surface area contributed by atoms with Gasteiger partial charge in [0.2, 0.25) is 5.91 Å². The minimum Gasteiger partial charge on any atom is -0.358 e. The first-order valence-corrected chi connectivity index (χ1v) is 13.8. The van der Waals surface area contributed by atoms with E-state index < -0.39 is 15.9 Å². The highest BCUT2D eigenvalue weighted by Gasteiger charge is 2.28. The summed E-state index contributed by atoms with van der Waals surface area (Å²) in [6.45, 7) is 6.62. The van der Waals surface area contributed by atoms with Gasteiger partial charge in [0.1, 0.15) is 17.6 Å². The topological polar surface area (TPSA) is 118 Å². The molecule has 1 atom stereocenters. The van der Waals surface area contributed by atoms with Crippen LogP contribution in [0.15, 0.2) is 47.8 Å². The lowest BCUT2D eigenvalue weighted by atomic mass is 10.1. The maximum atomic E-state index is 13.3. The molecule has 36 heavy (non-hydrogen) atoms. The number of benzene rings is 1. The third kappa shape index (κ3) is 5.21. The third-order valence-corrected chi connectivity index (χ3v) is 7.62. The van der Waals surface area contributed by atoms with Crippen molar-refractivity contribution < 1.29 is 22.7 Å². The molecule has 2 aliphatic rings. The number of sulfone groups is 1. The molecule has 5 rings (SSSR count). The van der Waals surface area contributed by atoms with Gasteiger partial charge in [0.15, 0.2) is 21.8 Å². The fourth-order valence-electron chi connectivity index (χ4n) is 4.52. The lowest BCUT2D eigenvalue weighted by Crippen LogP contribution is -2.53. The summed E-state index contributed by atoms with van der Waals surface area (Å²) in [4.78, 5) is 26.5. The number of amides is 1. The summed E-state index contributed by atoms with van der Waals surface area (Å²) in [7, 11) is -3.31. The van der Waals surface area contributed by atoms with Gasteiger partial charge in [0, 0.05) is 56.9 Å². The van der Waals surface area contributed by atoms with Gasteiger partial charge in [-0.2, -0.15) is 0 Å². The predicted octanol–water partition coefficient (Wildman–Crippen LogP) is 1.12. The molecule has 0 aliphatic carbocycles. The first-order valence-electron chi connectivity index (χ1n) is 11.9. The second kappa shape index (κ2) is 10.1. The van der Waals surface area contributed by atoms with Gasteiger partial charge in [0.05, 0.1) is 24.3 Å². The van der Waals surface area contributed by atoms with Crippen LogP contribution in [0.3, 0.4) is 0 Å². The van der Waals surface area contributed by atoms with Gasteiger partial charge in [-0.15, -0.1) is 0 Å². The van der Waals surface area contributed by atoms with Gasteiger partial charge < -0.3 is 19.7 Å². The SMILES string of the molecule is CC(Nc1c(-c2ccc(S(C)(=O)=O)cc2)nc2cnccn12)C(=O)N1CCN(CC2OCCO2)CC1. The number of hydrogen-bond donors (Lipinski definition) is 1. The van der Waals surface area contributed by atoms with Gasteiger partial charge in [-0.3, -0.25) is 19.1 Å². The van der Waals surface area contributed by atoms with E-state index in [0.29, 0.717) is 50.0 Å². The number of carbonyl (C=O) groups is 1. The quantitative estimate of drug-likeness (QED) is 0.495. The number of fused-ring (bicyclic) bond motifs is 1. The van der Waals surface area contributed by atoms with Crippen molar-refractivity contribution >= 4 is 27.2 Å². The minimum absolute atomic E-state index is 0.00500. The first-order chi connectivity index (χ1) is 17.3. The van der Waals surface area contributed by atoms with Gasteiger partial charge >= 0.3 is 0 Å². The Kier molecular flexibility index (Phi) is 6.93. The van der Waals surface area contributed by atoms with Crippen molar-refractivity contribution in [3.63, 3.8) is 0 Å². The molecule has 2 saturated heterocycles. The molecule has 1 unspecified atom stereocenters. The van der Waals surface area contributed by atoms with Crippen LogP contribution in [0.2, 0.25) is 0 Å². The fourth-order valence-corrected chi connectivity index (χ4v) is 5.15. The van der Waals surface area contributed by atoms with Crippen LogP contribution in [0.1, 0.15) is 6.92 Å². The van der Waals surface area contributed by atoms with Crippen molar-refractivity contribution in [1.82, 2.24) is 24.2 Å². The Bertz CT molecular complexity index is 1330. The lowest BCUT2D eigenvalue weighted by molar-refractivity contribution is -0.134. The van der Waals surface area contributed by atoms with Gasteiger partial charge in [-0.05, 0) is 19.1 Å². The van der Waals surface area contributed by atoms with Crippen molar-refractivity contribution in [3.05, 3.63) is 42.9 Å². The van der Waals surface area contributed by atoms with Crippen LogP contribution >= 0.6 is 0 Å². The Labute approximate surface area is 209 Å². The third-order valence-electron chi connectivity index (χ3n) is 6.49. The van der Waals surface area contributed by atoms with Crippen molar-refractivity contribution in [2.24, 2.45) is 0 Å². The van der Waals surface area contributed by atoms with E-state index in [-0.39, 0.29) is 17.1 Å².